The lowest BCUT2D eigenvalue weighted by atomic mass is 9.59. The minimum atomic E-state index is -1.84. The number of Topliss-reactive ketones (excluding diaryl/α,β-unsaturated/α-hetero) is 1. The number of hydrogen-bond donors (Lipinski definition) is 5. The van der Waals surface area contributed by atoms with Crippen molar-refractivity contribution in [3.05, 3.63) is 23.3 Å². The van der Waals surface area contributed by atoms with E-state index in [2.05, 4.69) is 0 Å². The van der Waals surface area contributed by atoms with E-state index in [1.54, 1.807) is 26.0 Å². The summed E-state index contributed by atoms with van der Waals surface area (Å²) in [6, 6.07) is 0. The van der Waals surface area contributed by atoms with Gasteiger partial charge in [-0.2, -0.15) is 0 Å². The molecule has 0 spiro atoms. The van der Waals surface area contributed by atoms with Gasteiger partial charge in [-0.3, -0.25) is 4.79 Å². The van der Waals surface area contributed by atoms with Crippen molar-refractivity contribution in [3.8, 4) is 0 Å². The quantitative estimate of drug-likeness (QED) is 0.416. The lowest BCUT2D eigenvalue weighted by Gasteiger charge is -2.51. The Hall–Kier alpha value is -1.05. The second-order valence-corrected chi connectivity index (χ2v) is 9.41. The average Bonchev–Trinajstić information content (AvgIpc) is 2.97. The van der Waals surface area contributed by atoms with Gasteiger partial charge in [-0.25, -0.2) is 0 Å². The summed E-state index contributed by atoms with van der Waals surface area (Å²) in [5.41, 5.74) is -4.57. The summed E-state index contributed by atoms with van der Waals surface area (Å²) in [6.07, 6.45) is 2.08. The molecular formula is C20H28O6. The third-order valence-corrected chi connectivity index (χ3v) is 8.04. The Bertz CT molecular complexity index is 753. The van der Waals surface area contributed by atoms with Crippen LogP contribution in [0.25, 0.3) is 0 Å². The van der Waals surface area contributed by atoms with Gasteiger partial charge >= 0.3 is 0 Å². The van der Waals surface area contributed by atoms with E-state index in [1.807, 2.05) is 13.8 Å². The zero-order valence-corrected chi connectivity index (χ0v) is 15.6. The molecule has 6 nitrogen and oxygen atoms in total. The number of carbonyl (C=O) groups excluding carboxylic acids is 1. The van der Waals surface area contributed by atoms with Gasteiger partial charge < -0.3 is 25.5 Å². The van der Waals surface area contributed by atoms with Crippen LogP contribution in [-0.2, 0) is 4.79 Å². The first-order chi connectivity index (χ1) is 11.9. The molecule has 0 aromatic rings. The number of carbonyl (C=O) groups is 1. The minimum absolute atomic E-state index is 0.0615. The van der Waals surface area contributed by atoms with Gasteiger partial charge in [0.15, 0.2) is 5.78 Å². The van der Waals surface area contributed by atoms with E-state index >= 15 is 0 Å². The molecule has 4 aliphatic carbocycles. The van der Waals surface area contributed by atoms with E-state index in [0.29, 0.717) is 11.1 Å². The molecule has 6 heteroatoms. The van der Waals surface area contributed by atoms with Crippen LogP contribution in [0.2, 0.25) is 0 Å². The molecule has 26 heavy (non-hydrogen) atoms. The summed E-state index contributed by atoms with van der Waals surface area (Å²) in [7, 11) is 0. The minimum Gasteiger partial charge on any atom is -0.392 e. The van der Waals surface area contributed by atoms with Crippen LogP contribution in [0, 0.1) is 29.1 Å². The van der Waals surface area contributed by atoms with Crippen molar-refractivity contribution in [2.24, 2.45) is 29.1 Å². The molecule has 0 bridgehead atoms. The first-order valence-corrected chi connectivity index (χ1v) is 9.27. The van der Waals surface area contributed by atoms with Gasteiger partial charge in [-0.15, -0.1) is 0 Å². The number of rotatable bonds is 1. The molecule has 4 rings (SSSR count). The molecule has 0 saturated heterocycles. The molecule has 0 heterocycles. The molecule has 8 atom stereocenters. The maximum atomic E-state index is 12.7. The van der Waals surface area contributed by atoms with E-state index < -0.39 is 57.8 Å². The number of aliphatic hydroxyl groups is 5. The van der Waals surface area contributed by atoms with Gasteiger partial charge in [0.05, 0.1) is 18.3 Å². The number of ketones is 1. The van der Waals surface area contributed by atoms with Gasteiger partial charge in [0.25, 0.3) is 0 Å². The first kappa shape index (κ1) is 18.3. The molecule has 0 aromatic carbocycles. The molecule has 0 unspecified atom stereocenters. The van der Waals surface area contributed by atoms with Crippen LogP contribution >= 0.6 is 0 Å². The third kappa shape index (κ3) is 1.69. The van der Waals surface area contributed by atoms with E-state index in [1.165, 1.54) is 0 Å². The third-order valence-electron chi connectivity index (χ3n) is 8.04. The predicted molar refractivity (Wildman–Crippen MR) is 92.8 cm³/mol. The van der Waals surface area contributed by atoms with Crippen molar-refractivity contribution < 1.29 is 30.3 Å². The predicted octanol–water partition coefficient (Wildman–Crippen LogP) is -0.0699. The van der Waals surface area contributed by atoms with Gasteiger partial charge in [0, 0.05) is 35.5 Å². The molecule has 2 fully saturated rings. The summed E-state index contributed by atoms with van der Waals surface area (Å²) in [6.45, 7) is 6.63. The van der Waals surface area contributed by atoms with E-state index in [0.717, 1.165) is 0 Å². The summed E-state index contributed by atoms with van der Waals surface area (Å²) in [5, 5.41) is 54.9. The summed E-state index contributed by atoms with van der Waals surface area (Å²) < 4.78 is 0. The molecule has 5 N–H and O–H groups in total. The summed E-state index contributed by atoms with van der Waals surface area (Å²) >= 11 is 0. The van der Waals surface area contributed by atoms with Crippen molar-refractivity contribution >= 4 is 5.78 Å². The standard InChI is InChI=1S/C20H28O6/c1-9-5-13-18(24,15(9)22)7-11(8-21)6-12-14-17(3,4)20(14,26)16(23)10(2)19(12,13)25/h5-6,10,12-14,16,21,23-26H,7-8H2,1-4H3/t10-,12+,13-,14+,16-,18+,19-,20-/m1/s1. The van der Waals surface area contributed by atoms with E-state index in [-0.39, 0.29) is 13.0 Å². The molecule has 0 amide bonds. The Morgan fingerprint density at radius 2 is 1.81 bits per heavy atom. The Balaban J connectivity index is 1.96. The normalized spacial score (nSPS) is 54.5. The monoisotopic (exact) mass is 364 g/mol. The number of fused-ring (bicyclic) bond motifs is 5. The Kier molecular flexibility index (Phi) is 3.42. The molecule has 0 aromatic heterocycles. The molecule has 2 saturated carbocycles. The van der Waals surface area contributed by atoms with Gasteiger partial charge in [-0.05, 0) is 18.1 Å². The van der Waals surface area contributed by atoms with Crippen LogP contribution in [0.1, 0.15) is 34.1 Å². The highest BCUT2D eigenvalue weighted by Gasteiger charge is 2.84. The van der Waals surface area contributed by atoms with Crippen LogP contribution in [0.4, 0.5) is 0 Å². The smallest absolute Gasteiger partial charge is 0.190 e. The summed E-state index contributed by atoms with van der Waals surface area (Å²) in [4.78, 5) is 12.7. The van der Waals surface area contributed by atoms with Crippen LogP contribution in [-0.4, -0.2) is 60.8 Å². The van der Waals surface area contributed by atoms with Crippen molar-refractivity contribution in [2.75, 3.05) is 6.61 Å². The maximum absolute atomic E-state index is 12.7. The zero-order valence-electron chi connectivity index (χ0n) is 15.6. The lowest BCUT2D eigenvalue weighted by Crippen LogP contribution is -2.65. The van der Waals surface area contributed by atoms with Gasteiger partial charge in [-0.1, -0.05) is 32.9 Å². The molecule has 0 aliphatic heterocycles. The highest BCUT2D eigenvalue weighted by molar-refractivity contribution is 6.04. The molecule has 144 valence electrons. The first-order valence-electron chi connectivity index (χ1n) is 9.27. The summed E-state index contributed by atoms with van der Waals surface area (Å²) in [5.74, 6) is -3.14. The van der Waals surface area contributed by atoms with Gasteiger partial charge in [0.1, 0.15) is 11.2 Å². The molecule has 4 aliphatic rings. The van der Waals surface area contributed by atoms with Gasteiger partial charge in [0.2, 0.25) is 0 Å². The Labute approximate surface area is 152 Å². The van der Waals surface area contributed by atoms with Crippen LogP contribution < -0.4 is 0 Å². The van der Waals surface area contributed by atoms with E-state index in [9.17, 15) is 30.3 Å². The lowest BCUT2D eigenvalue weighted by molar-refractivity contribution is -0.209. The van der Waals surface area contributed by atoms with Crippen LogP contribution in [0.15, 0.2) is 23.3 Å². The zero-order chi connectivity index (χ0) is 19.4. The highest BCUT2D eigenvalue weighted by Crippen LogP contribution is 2.74. The van der Waals surface area contributed by atoms with E-state index in [4.69, 9.17) is 0 Å². The largest absolute Gasteiger partial charge is 0.392 e. The number of hydrogen-bond acceptors (Lipinski definition) is 6. The van der Waals surface area contributed by atoms with Crippen LogP contribution in [0.3, 0.4) is 0 Å². The fourth-order valence-electron chi connectivity index (χ4n) is 6.45. The topological polar surface area (TPSA) is 118 Å². The Morgan fingerprint density at radius 1 is 1.19 bits per heavy atom. The fraction of sp³-hybridized carbons (Fsp3) is 0.750. The second-order valence-electron chi connectivity index (χ2n) is 9.41. The van der Waals surface area contributed by atoms with Crippen molar-refractivity contribution in [2.45, 2.75) is 57.0 Å². The average molecular weight is 364 g/mol. The molecule has 0 radical (unpaired) electrons. The molecular weight excluding hydrogens is 336 g/mol. The fourth-order valence-corrected chi connectivity index (χ4v) is 6.45. The number of aliphatic hydroxyl groups excluding tert-OH is 2. The van der Waals surface area contributed by atoms with Crippen LogP contribution in [0.5, 0.6) is 0 Å². The van der Waals surface area contributed by atoms with Crippen molar-refractivity contribution in [1.82, 2.24) is 0 Å². The van der Waals surface area contributed by atoms with Crippen molar-refractivity contribution in [3.63, 3.8) is 0 Å². The maximum Gasteiger partial charge on any atom is 0.190 e. The SMILES string of the molecule is CC1=C[C@H]2[C@@]3(O)[C@H](C)[C@@H](O)[C@]4(O)[C@@H]([C@@H]3C=C(CO)C[C@@]2(O)C1=O)C4(C)C. The second kappa shape index (κ2) is 4.86. The van der Waals surface area contributed by atoms with Crippen molar-refractivity contribution in [1.29, 1.82) is 0 Å². The Morgan fingerprint density at radius 3 is 2.38 bits per heavy atom. The highest BCUT2D eigenvalue weighted by atomic mass is 16.4.